The zero-order valence-corrected chi connectivity index (χ0v) is 20.0. The molecule has 1 fully saturated rings. The maximum Gasteiger partial charge on any atom is 0.275 e. The van der Waals surface area contributed by atoms with Crippen molar-refractivity contribution in [3.05, 3.63) is 65.8 Å². The van der Waals surface area contributed by atoms with Gasteiger partial charge in [-0.15, -0.1) is 0 Å². The second-order valence-electron chi connectivity index (χ2n) is 8.48. The van der Waals surface area contributed by atoms with E-state index in [2.05, 4.69) is 14.8 Å². The summed E-state index contributed by atoms with van der Waals surface area (Å²) in [5.41, 5.74) is 2.59. The maximum atomic E-state index is 12.8. The molecule has 0 saturated carbocycles. The average Bonchev–Trinajstić information content (AvgIpc) is 3.55. The molecule has 1 saturated heterocycles. The lowest BCUT2D eigenvalue weighted by Gasteiger charge is -2.33. The summed E-state index contributed by atoms with van der Waals surface area (Å²) in [5, 5.41) is 0. The number of rotatable bonds is 10. The van der Waals surface area contributed by atoms with E-state index in [9.17, 15) is 4.79 Å². The Morgan fingerprint density at radius 1 is 1.00 bits per heavy atom. The number of aromatic nitrogens is 1. The molecule has 3 aromatic rings. The number of ether oxygens (including phenoxy) is 2. The zero-order chi connectivity index (χ0) is 23.9. The normalized spacial score (nSPS) is 14.8. The van der Waals surface area contributed by atoms with Gasteiger partial charge in [0, 0.05) is 51.9 Å². The van der Waals surface area contributed by atoms with Gasteiger partial charge in [-0.25, -0.2) is 4.98 Å². The predicted molar refractivity (Wildman–Crippen MR) is 126 cm³/mol. The van der Waals surface area contributed by atoms with Crippen LogP contribution in [-0.4, -0.2) is 79.6 Å². The van der Waals surface area contributed by atoms with Crippen molar-refractivity contribution in [1.82, 2.24) is 19.7 Å². The minimum atomic E-state index is -0.152. The minimum Gasteiger partial charge on any atom is -0.493 e. The standard InChI is InChI=1S/C25H32N4O5/c1-27(8-6-19-4-5-22(31-2)23(14-19)32-3)25(30)21-18-34-24(26-21)16-29-11-9-28(10-12-29)15-20-7-13-33-17-20/h4-5,7,13-14,17-18H,6,8-12,15-16H2,1-3H3. The van der Waals surface area contributed by atoms with E-state index in [4.69, 9.17) is 18.3 Å². The highest BCUT2D eigenvalue weighted by Crippen LogP contribution is 2.27. The molecule has 0 unspecified atom stereocenters. The van der Waals surface area contributed by atoms with Crippen LogP contribution in [0, 0.1) is 0 Å². The molecule has 2 aromatic heterocycles. The topological polar surface area (TPSA) is 84.4 Å². The van der Waals surface area contributed by atoms with Gasteiger partial charge in [0.25, 0.3) is 5.91 Å². The fraction of sp³-hybridized carbons (Fsp3) is 0.440. The molecular formula is C25H32N4O5. The lowest BCUT2D eigenvalue weighted by Crippen LogP contribution is -2.45. The summed E-state index contributed by atoms with van der Waals surface area (Å²) < 4.78 is 21.4. The van der Waals surface area contributed by atoms with Crippen LogP contribution < -0.4 is 9.47 Å². The Morgan fingerprint density at radius 2 is 1.74 bits per heavy atom. The minimum absolute atomic E-state index is 0.152. The third kappa shape index (κ3) is 5.98. The summed E-state index contributed by atoms with van der Waals surface area (Å²) in [7, 11) is 5.00. The van der Waals surface area contributed by atoms with Crippen LogP contribution in [0.2, 0.25) is 0 Å². The molecule has 0 N–H and O–H groups in total. The molecule has 1 amide bonds. The molecule has 0 spiro atoms. The first-order valence-corrected chi connectivity index (χ1v) is 11.4. The molecule has 1 aliphatic rings. The van der Waals surface area contributed by atoms with Crippen LogP contribution in [0.3, 0.4) is 0 Å². The van der Waals surface area contributed by atoms with Crippen LogP contribution in [-0.2, 0) is 19.5 Å². The average molecular weight is 469 g/mol. The highest BCUT2D eigenvalue weighted by atomic mass is 16.5. The summed E-state index contributed by atoms with van der Waals surface area (Å²) in [5.74, 6) is 1.78. The second-order valence-corrected chi connectivity index (χ2v) is 8.48. The summed E-state index contributed by atoms with van der Waals surface area (Å²) in [6.07, 6.45) is 5.65. The zero-order valence-electron chi connectivity index (χ0n) is 20.0. The van der Waals surface area contributed by atoms with Crippen LogP contribution in [0.4, 0.5) is 0 Å². The Bertz CT molecular complexity index is 1060. The van der Waals surface area contributed by atoms with E-state index >= 15 is 0 Å². The number of oxazole rings is 1. The van der Waals surface area contributed by atoms with E-state index in [1.54, 1.807) is 38.7 Å². The van der Waals surface area contributed by atoms with Crippen LogP contribution in [0.25, 0.3) is 0 Å². The van der Waals surface area contributed by atoms with Gasteiger partial charge in [0.2, 0.25) is 5.89 Å². The molecule has 34 heavy (non-hydrogen) atoms. The van der Waals surface area contributed by atoms with Crippen molar-refractivity contribution < 1.29 is 23.1 Å². The summed E-state index contributed by atoms with van der Waals surface area (Å²) in [4.78, 5) is 23.6. The van der Waals surface area contributed by atoms with Crippen LogP contribution in [0.5, 0.6) is 11.5 Å². The first kappa shape index (κ1) is 23.8. The van der Waals surface area contributed by atoms with Crippen LogP contribution >= 0.6 is 0 Å². The molecule has 0 aliphatic carbocycles. The quantitative estimate of drug-likeness (QED) is 0.449. The largest absolute Gasteiger partial charge is 0.493 e. The Kier molecular flexibility index (Phi) is 7.87. The molecule has 1 aliphatic heterocycles. The van der Waals surface area contributed by atoms with Gasteiger partial charge in [-0.05, 0) is 30.2 Å². The molecule has 9 nitrogen and oxygen atoms in total. The molecule has 182 valence electrons. The van der Waals surface area contributed by atoms with Gasteiger partial charge in [-0.3, -0.25) is 14.6 Å². The Labute approximate surface area is 199 Å². The first-order chi connectivity index (χ1) is 16.6. The van der Waals surface area contributed by atoms with E-state index in [1.165, 1.54) is 11.8 Å². The number of hydrogen-bond acceptors (Lipinski definition) is 8. The fourth-order valence-corrected chi connectivity index (χ4v) is 4.05. The van der Waals surface area contributed by atoms with Crippen molar-refractivity contribution in [3.63, 3.8) is 0 Å². The Hall–Kier alpha value is -3.30. The van der Waals surface area contributed by atoms with Gasteiger partial charge in [0.1, 0.15) is 6.26 Å². The van der Waals surface area contributed by atoms with E-state index in [1.807, 2.05) is 24.3 Å². The van der Waals surface area contributed by atoms with Crippen molar-refractivity contribution in [2.75, 3.05) is 54.0 Å². The molecule has 3 heterocycles. The predicted octanol–water partition coefficient (Wildman–Crippen LogP) is 2.92. The Balaban J connectivity index is 1.24. The SMILES string of the molecule is COc1ccc(CCN(C)C(=O)c2coc(CN3CCN(Cc4ccoc4)CC3)n2)cc1OC. The molecule has 0 bridgehead atoms. The van der Waals surface area contributed by atoms with E-state index in [0.29, 0.717) is 42.6 Å². The first-order valence-electron chi connectivity index (χ1n) is 11.4. The lowest BCUT2D eigenvalue weighted by atomic mass is 10.1. The van der Waals surface area contributed by atoms with Crippen LogP contribution in [0.1, 0.15) is 27.5 Å². The van der Waals surface area contributed by atoms with Crippen LogP contribution in [0.15, 0.2) is 51.9 Å². The molecule has 4 rings (SSSR count). The van der Waals surface area contributed by atoms with Gasteiger partial charge in [-0.1, -0.05) is 6.07 Å². The van der Waals surface area contributed by atoms with Crippen molar-refractivity contribution in [3.8, 4) is 11.5 Å². The second kappa shape index (κ2) is 11.2. The molecule has 0 radical (unpaired) electrons. The van der Waals surface area contributed by atoms with Gasteiger partial charge >= 0.3 is 0 Å². The molecule has 0 atom stereocenters. The maximum absolute atomic E-state index is 12.8. The number of piperazine rings is 1. The molecule has 1 aromatic carbocycles. The number of furan rings is 1. The summed E-state index contributed by atoms with van der Waals surface area (Å²) in [6, 6.07) is 7.78. The number of nitrogens with zero attached hydrogens (tertiary/aromatic N) is 4. The number of carbonyl (C=O) groups is 1. The summed E-state index contributed by atoms with van der Waals surface area (Å²) >= 11 is 0. The number of hydrogen-bond donors (Lipinski definition) is 0. The third-order valence-corrected chi connectivity index (χ3v) is 6.11. The van der Waals surface area contributed by atoms with Gasteiger partial charge in [-0.2, -0.15) is 0 Å². The lowest BCUT2D eigenvalue weighted by molar-refractivity contribution is 0.0790. The highest BCUT2D eigenvalue weighted by Gasteiger charge is 2.21. The fourth-order valence-electron chi connectivity index (χ4n) is 4.05. The van der Waals surface area contributed by atoms with Gasteiger partial charge in [0.05, 0.1) is 33.3 Å². The number of benzene rings is 1. The smallest absolute Gasteiger partial charge is 0.275 e. The van der Waals surface area contributed by atoms with E-state index < -0.39 is 0 Å². The van der Waals surface area contributed by atoms with E-state index in [-0.39, 0.29) is 5.91 Å². The van der Waals surface area contributed by atoms with E-state index in [0.717, 1.165) is 38.3 Å². The summed E-state index contributed by atoms with van der Waals surface area (Å²) in [6.45, 7) is 5.84. The number of amides is 1. The van der Waals surface area contributed by atoms with Crippen molar-refractivity contribution in [2.24, 2.45) is 0 Å². The Morgan fingerprint density at radius 3 is 2.41 bits per heavy atom. The van der Waals surface area contributed by atoms with Gasteiger partial charge in [0.15, 0.2) is 17.2 Å². The number of methoxy groups -OCH3 is 2. The van der Waals surface area contributed by atoms with Crippen molar-refractivity contribution in [1.29, 1.82) is 0 Å². The molecular weight excluding hydrogens is 436 g/mol. The van der Waals surface area contributed by atoms with Gasteiger partial charge < -0.3 is 23.2 Å². The highest BCUT2D eigenvalue weighted by molar-refractivity contribution is 5.91. The monoisotopic (exact) mass is 468 g/mol. The number of carbonyl (C=O) groups excluding carboxylic acids is 1. The third-order valence-electron chi connectivity index (χ3n) is 6.11. The molecule has 9 heteroatoms. The number of likely N-dealkylation sites (N-methyl/N-ethyl adjacent to an activating group) is 1. The van der Waals surface area contributed by atoms with Crippen molar-refractivity contribution in [2.45, 2.75) is 19.5 Å². The van der Waals surface area contributed by atoms with Crippen molar-refractivity contribution >= 4 is 5.91 Å².